The Kier molecular flexibility index (Phi) is 5.49. The molecular weight excluding hydrogens is 314 g/mol. The van der Waals surface area contributed by atoms with E-state index in [1.165, 1.54) is 0 Å². The lowest BCUT2D eigenvalue weighted by atomic mass is 10.0. The number of hydrogen-bond donors (Lipinski definition) is 0. The molecular formula is C16H27N3O3S. The van der Waals surface area contributed by atoms with E-state index in [-0.39, 0.29) is 23.3 Å². The van der Waals surface area contributed by atoms with Gasteiger partial charge in [-0.25, -0.2) is 8.42 Å². The van der Waals surface area contributed by atoms with E-state index in [2.05, 4.69) is 12.0 Å². The van der Waals surface area contributed by atoms with Crippen molar-refractivity contribution in [3.8, 4) is 0 Å². The topological polar surface area (TPSA) is 72.3 Å². The van der Waals surface area contributed by atoms with Crippen LogP contribution in [0.4, 0.5) is 0 Å². The van der Waals surface area contributed by atoms with E-state index in [0.717, 1.165) is 29.8 Å². The Labute approximate surface area is 138 Å². The summed E-state index contributed by atoms with van der Waals surface area (Å²) in [5.74, 6) is 0.226. The molecule has 0 radical (unpaired) electrons. The number of carbonyl (C=O) groups excluding carboxylic acids is 1. The predicted molar refractivity (Wildman–Crippen MR) is 90.1 cm³/mol. The molecule has 1 saturated heterocycles. The van der Waals surface area contributed by atoms with Crippen molar-refractivity contribution in [2.24, 2.45) is 13.0 Å². The fourth-order valence-corrected chi connectivity index (χ4v) is 5.01. The minimum absolute atomic E-state index is 0.00588. The molecule has 2 rings (SSSR count). The first-order valence-corrected chi connectivity index (χ1v) is 10.1. The Morgan fingerprint density at radius 1 is 1.30 bits per heavy atom. The maximum atomic E-state index is 12.7. The molecule has 0 bridgehead atoms. The minimum atomic E-state index is -3.04. The summed E-state index contributed by atoms with van der Waals surface area (Å²) in [4.78, 5) is 14.4. The second-order valence-electron chi connectivity index (χ2n) is 6.44. The lowest BCUT2D eigenvalue weighted by Crippen LogP contribution is -2.36. The van der Waals surface area contributed by atoms with Gasteiger partial charge in [0.2, 0.25) is 5.91 Å². The quantitative estimate of drug-likeness (QED) is 0.818. The van der Waals surface area contributed by atoms with Crippen molar-refractivity contribution < 1.29 is 13.2 Å². The molecule has 6 nitrogen and oxygen atoms in total. The van der Waals surface area contributed by atoms with Crippen LogP contribution in [0.15, 0.2) is 0 Å². The van der Waals surface area contributed by atoms with Crippen molar-refractivity contribution in [1.29, 1.82) is 0 Å². The van der Waals surface area contributed by atoms with Gasteiger partial charge in [0, 0.05) is 31.4 Å². The molecule has 0 aromatic carbocycles. The van der Waals surface area contributed by atoms with Gasteiger partial charge in [-0.05, 0) is 18.8 Å². The SMILES string of the molecule is CCc1nn(C)c(CC)c1CC(=O)N1CCS(=O)(=O)CC(C)C1. The molecule has 23 heavy (non-hydrogen) atoms. The van der Waals surface area contributed by atoms with Crippen LogP contribution in [0.3, 0.4) is 0 Å². The summed E-state index contributed by atoms with van der Waals surface area (Å²) < 4.78 is 25.6. The van der Waals surface area contributed by atoms with Gasteiger partial charge in [0.1, 0.15) is 0 Å². The highest BCUT2D eigenvalue weighted by Gasteiger charge is 2.28. The van der Waals surface area contributed by atoms with Crippen molar-refractivity contribution in [1.82, 2.24) is 14.7 Å². The molecule has 0 aliphatic carbocycles. The number of carbonyl (C=O) groups is 1. The van der Waals surface area contributed by atoms with Crippen LogP contribution in [0.5, 0.6) is 0 Å². The van der Waals surface area contributed by atoms with Gasteiger partial charge in [-0.3, -0.25) is 9.48 Å². The zero-order valence-corrected chi connectivity index (χ0v) is 15.3. The number of hydrogen-bond acceptors (Lipinski definition) is 4. The van der Waals surface area contributed by atoms with Crippen LogP contribution < -0.4 is 0 Å². The zero-order chi connectivity index (χ0) is 17.2. The van der Waals surface area contributed by atoms with E-state index in [1.807, 2.05) is 25.6 Å². The van der Waals surface area contributed by atoms with Crippen LogP contribution in [-0.4, -0.2) is 53.6 Å². The molecule has 1 aliphatic rings. The van der Waals surface area contributed by atoms with Crippen LogP contribution >= 0.6 is 0 Å². The first kappa shape index (κ1) is 18.0. The molecule has 2 heterocycles. The van der Waals surface area contributed by atoms with E-state index >= 15 is 0 Å². The lowest BCUT2D eigenvalue weighted by Gasteiger charge is -2.22. The van der Waals surface area contributed by atoms with E-state index in [9.17, 15) is 13.2 Å². The molecule has 0 N–H and O–H groups in total. The van der Waals surface area contributed by atoms with Crippen molar-refractivity contribution in [3.63, 3.8) is 0 Å². The second kappa shape index (κ2) is 7.03. The lowest BCUT2D eigenvalue weighted by molar-refractivity contribution is -0.130. The molecule has 1 amide bonds. The largest absolute Gasteiger partial charge is 0.341 e. The Morgan fingerprint density at radius 3 is 2.61 bits per heavy atom. The van der Waals surface area contributed by atoms with Crippen LogP contribution in [0.1, 0.15) is 37.7 Å². The number of aromatic nitrogens is 2. The standard InChI is InChI=1S/C16H27N3O3S/c1-5-14-13(15(6-2)18(4)17-14)9-16(20)19-7-8-23(21,22)11-12(3)10-19/h12H,5-11H2,1-4H3. The molecule has 1 atom stereocenters. The highest BCUT2D eigenvalue weighted by molar-refractivity contribution is 7.91. The van der Waals surface area contributed by atoms with Crippen LogP contribution in [0.2, 0.25) is 0 Å². The highest BCUT2D eigenvalue weighted by atomic mass is 32.2. The van der Waals surface area contributed by atoms with Gasteiger partial charge in [0.15, 0.2) is 9.84 Å². The molecule has 0 spiro atoms. The van der Waals surface area contributed by atoms with Gasteiger partial charge in [0.05, 0.1) is 23.6 Å². The number of sulfone groups is 1. The molecule has 7 heteroatoms. The summed E-state index contributed by atoms with van der Waals surface area (Å²) in [6, 6.07) is 0. The molecule has 1 fully saturated rings. The third-order valence-electron chi connectivity index (χ3n) is 4.45. The summed E-state index contributed by atoms with van der Waals surface area (Å²) in [6.07, 6.45) is 1.94. The van der Waals surface area contributed by atoms with Gasteiger partial charge in [0.25, 0.3) is 0 Å². The van der Waals surface area contributed by atoms with Gasteiger partial charge >= 0.3 is 0 Å². The van der Waals surface area contributed by atoms with E-state index in [4.69, 9.17) is 0 Å². The van der Waals surface area contributed by atoms with Gasteiger partial charge in [-0.1, -0.05) is 20.8 Å². The predicted octanol–water partition coefficient (Wildman–Crippen LogP) is 0.980. The van der Waals surface area contributed by atoms with Crippen molar-refractivity contribution in [2.45, 2.75) is 40.0 Å². The molecule has 1 aliphatic heterocycles. The molecule has 130 valence electrons. The fourth-order valence-electron chi connectivity index (χ4n) is 3.37. The zero-order valence-electron chi connectivity index (χ0n) is 14.5. The number of rotatable bonds is 4. The van der Waals surface area contributed by atoms with Crippen molar-refractivity contribution >= 4 is 15.7 Å². The average Bonchev–Trinajstić information content (AvgIpc) is 2.68. The van der Waals surface area contributed by atoms with E-state index in [1.54, 1.807) is 4.90 Å². The van der Waals surface area contributed by atoms with Crippen molar-refractivity contribution in [2.75, 3.05) is 24.6 Å². The number of amides is 1. The maximum Gasteiger partial charge on any atom is 0.227 e. The monoisotopic (exact) mass is 341 g/mol. The van der Waals surface area contributed by atoms with Gasteiger partial charge < -0.3 is 4.90 Å². The van der Waals surface area contributed by atoms with Crippen molar-refractivity contribution in [3.05, 3.63) is 17.0 Å². The Bertz CT molecular complexity index is 679. The smallest absolute Gasteiger partial charge is 0.227 e. The minimum Gasteiger partial charge on any atom is -0.341 e. The molecule has 0 saturated carbocycles. The average molecular weight is 341 g/mol. The van der Waals surface area contributed by atoms with E-state index in [0.29, 0.717) is 19.5 Å². The van der Waals surface area contributed by atoms with Crippen LogP contribution in [-0.2, 0) is 40.9 Å². The van der Waals surface area contributed by atoms with Crippen LogP contribution in [0, 0.1) is 5.92 Å². The van der Waals surface area contributed by atoms with Gasteiger partial charge in [-0.15, -0.1) is 0 Å². The first-order chi connectivity index (χ1) is 10.8. The summed E-state index contributed by atoms with van der Waals surface area (Å²) in [5, 5.41) is 4.50. The van der Waals surface area contributed by atoms with Crippen LogP contribution in [0.25, 0.3) is 0 Å². The third-order valence-corrected chi connectivity index (χ3v) is 6.33. The third kappa shape index (κ3) is 4.13. The van der Waals surface area contributed by atoms with Gasteiger partial charge in [-0.2, -0.15) is 5.10 Å². The number of nitrogens with zero attached hydrogens (tertiary/aromatic N) is 3. The van der Waals surface area contributed by atoms with E-state index < -0.39 is 9.84 Å². The number of aryl methyl sites for hydroxylation is 2. The summed E-state index contributed by atoms with van der Waals surface area (Å²) in [7, 11) is -1.13. The Balaban J connectivity index is 2.19. The fraction of sp³-hybridized carbons (Fsp3) is 0.750. The summed E-state index contributed by atoms with van der Waals surface area (Å²) >= 11 is 0. The second-order valence-corrected chi connectivity index (χ2v) is 8.67. The molecule has 1 aromatic rings. The Morgan fingerprint density at radius 2 is 2.00 bits per heavy atom. The normalized spacial score (nSPS) is 21.2. The summed E-state index contributed by atoms with van der Waals surface area (Å²) in [5.41, 5.74) is 3.07. The first-order valence-electron chi connectivity index (χ1n) is 8.29. The molecule has 1 unspecified atom stereocenters. The summed E-state index contributed by atoms with van der Waals surface area (Å²) in [6.45, 7) is 6.80. The molecule has 1 aromatic heterocycles. The highest BCUT2D eigenvalue weighted by Crippen LogP contribution is 2.18. The maximum absolute atomic E-state index is 12.7. The Hall–Kier alpha value is -1.37.